The maximum Gasteiger partial charge on any atom is 0.240 e. The second-order valence-corrected chi connectivity index (χ2v) is 7.98. The molecule has 176 valence electrons. The molecule has 0 spiro atoms. The minimum absolute atomic E-state index is 0.0629. The third kappa shape index (κ3) is 7.89. The molecule has 6 heteroatoms. The van der Waals surface area contributed by atoms with E-state index in [-0.39, 0.29) is 11.8 Å². The Bertz CT molecular complexity index is 1010. The summed E-state index contributed by atoms with van der Waals surface area (Å²) in [5, 5.41) is 6.70. The van der Waals surface area contributed by atoms with Gasteiger partial charge in [0.15, 0.2) is 0 Å². The molecule has 0 heterocycles. The Morgan fingerprint density at radius 1 is 0.706 bits per heavy atom. The van der Waals surface area contributed by atoms with E-state index in [9.17, 15) is 9.59 Å². The Morgan fingerprint density at radius 3 is 1.74 bits per heavy atom. The van der Waals surface area contributed by atoms with Gasteiger partial charge in [-0.25, -0.2) is 5.43 Å². The van der Waals surface area contributed by atoms with Gasteiger partial charge in [-0.15, -0.1) is 0 Å². The third-order valence-corrected chi connectivity index (χ3v) is 5.42. The van der Waals surface area contributed by atoms with Gasteiger partial charge in [0.1, 0.15) is 0 Å². The molecule has 0 bridgehead atoms. The zero-order valence-electron chi connectivity index (χ0n) is 19.6. The molecule has 0 fully saturated rings. The fourth-order valence-corrected chi connectivity index (χ4v) is 3.60. The van der Waals surface area contributed by atoms with Crippen LogP contribution in [0.4, 0.5) is 17.1 Å². The lowest BCUT2D eigenvalue weighted by molar-refractivity contribution is -0.122. The number of hydrogen-bond acceptors (Lipinski definition) is 4. The maximum atomic E-state index is 12.0. The van der Waals surface area contributed by atoms with E-state index in [4.69, 9.17) is 0 Å². The highest BCUT2D eigenvalue weighted by molar-refractivity contribution is 5.84. The molecule has 0 aromatic heterocycles. The zero-order chi connectivity index (χ0) is 24.0. The zero-order valence-corrected chi connectivity index (χ0v) is 19.6. The monoisotopic (exact) mass is 456 g/mol. The summed E-state index contributed by atoms with van der Waals surface area (Å²) < 4.78 is 0. The number of hydrazone groups is 1. The van der Waals surface area contributed by atoms with Gasteiger partial charge in [-0.1, -0.05) is 61.4 Å². The van der Waals surface area contributed by atoms with Crippen molar-refractivity contribution in [2.24, 2.45) is 5.10 Å². The van der Waals surface area contributed by atoms with Crippen LogP contribution in [0, 0.1) is 0 Å². The Hall–Kier alpha value is -3.93. The van der Waals surface area contributed by atoms with Gasteiger partial charge in [-0.2, -0.15) is 5.10 Å². The Morgan fingerprint density at radius 2 is 1.21 bits per heavy atom. The number of amides is 2. The first-order valence-corrected chi connectivity index (χ1v) is 11.7. The maximum absolute atomic E-state index is 12.0. The highest BCUT2D eigenvalue weighted by atomic mass is 16.2. The Balaban J connectivity index is 1.51. The first-order valence-electron chi connectivity index (χ1n) is 11.7. The summed E-state index contributed by atoms with van der Waals surface area (Å²) in [7, 11) is 1.64. The molecule has 0 aliphatic carbocycles. The van der Waals surface area contributed by atoms with Gasteiger partial charge in [0.2, 0.25) is 11.8 Å². The van der Waals surface area contributed by atoms with Crippen LogP contribution in [-0.2, 0) is 9.59 Å². The highest BCUT2D eigenvalue weighted by Gasteiger charge is 2.11. The minimum Gasteiger partial charge on any atom is -0.359 e. The van der Waals surface area contributed by atoms with Crippen LogP contribution in [0.25, 0.3) is 0 Å². The van der Waals surface area contributed by atoms with Crippen LogP contribution in [0.2, 0.25) is 0 Å². The number of hydrogen-bond donors (Lipinski definition) is 2. The lowest BCUT2D eigenvalue weighted by Gasteiger charge is -2.25. The number of nitrogens with one attached hydrogen (secondary N) is 2. The number of nitrogens with zero attached hydrogens (tertiary/aromatic N) is 2. The molecule has 2 N–H and O–H groups in total. The number of carbonyl (C=O) groups is 2. The molecule has 2 amide bonds. The van der Waals surface area contributed by atoms with Crippen molar-refractivity contribution < 1.29 is 9.59 Å². The molecular weight excluding hydrogens is 424 g/mol. The predicted molar refractivity (Wildman–Crippen MR) is 139 cm³/mol. The topological polar surface area (TPSA) is 73.8 Å². The molecule has 0 unspecified atom stereocenters. The average Bonchev–Trinajstić information content (AvgIpc) is 2.88. The van der Waals surface area contributed by atoms with Gasteiger partial charge in [-0.05, 0) is 54.8 Å². The Kier molecular flexibility index (Phi) is 9.87. The first kappa shape index (κ1) is 24.7. The van der Waals surface area contributed by atoms with E-state index in [1.807, 2.05) is 60.7 Å². The van der Waals surface area contributed by atoms with E-state index in [0.29, 0.717) is 12.8 Å². The van der Waals surface area contributed by atoms with Crippen molar-refractivity contribution >= 4 is 35.1 Å². The summed E-state index contributed by atoms with van der Waals surface area (Å²) in [6.45, 7) is 0. The van der Waals surface area contributed by atoms with E-state index in [0.717, 1.165) is 48.3 Å². The summed E-state index contributed by atoms with van der Waals surface area (Å²) >= 11 is 0. The van der Waals surface area contributed by atoms with Crippen LogP contribution in [0.15, 0.2) is 90.0 Å². The summed E-state index contributed by atoms with van der Waals surface area (Å²) in [6, 6.07) is 28.5. The lowest BCUT2D eigenvalue weighted by Crippen LogP contribution is -2.17. The Labute approximate surface area is 201 Å². The molecule has 3 aromatic rings. The van der Waals surface area contributed by atoms with Crippen molar-refractivity contribution in [1.82, 2.24) is 10.7 Å². The average molecular weight is 457 g/mol. The van der Waals surface area contributed by atoms with Gasteiger partial charge in [0.05, 0.1) is 6.21 Å². The van der Waals surface area contributed by atoms with Gasteiger partial charge in [0.25, 0.3) is 0 Å². The van der Waals surface area contributed by atoms with E-state index in [1.54, 1.807) is 13.3 Å². The van der Waals surface area contributed by atoms with Crippen molar-refractivity contribution in [2.75, 3.05) is 11.9 Å². The second kappa shape index (κ2) is 13.6. The summed E-state index contributed by atoms with van der Waals surface area (Å²) in [6.07, 6.45) is 6.13. The lowest BCUT2D eigenvalue weighted by atomic mass is 10.1. The molecule has 6 nitrogen and oxygen atoms in total. The molecule has 3 rings (SSSR count). The standard InChI is InChI=1S/C28H32N4O2/c1-29-27(33)16-10-2-3-11-17-28(34)31-30-22-23-18-20-26(21-19-23)32(24-12-6-4-7-13-24)25-14-8-5-9-15-25/h4-9,12-15,18-22H,2-3,10-11,16-17H2,1H3,(H,29,33)(H,31,34)/b30-22-. The molecular formula is C28H32N4O2. The molecule has 0 aliphatic rings. The third-order valence-electron chi connectivity index (χ3n) is 5.42. The van der Waals surface area contributed by atoms with E-state index >= 15 is 0 Å². The molecule has 0 saturated heterocycles. The number of anilines is 3. The molecule has 0 saturated carbocycles. The van der Waals surface area contributed by atoms with Crippen LogP contribution >= 0.6 is 0 Å². The van der Waals surface area contributed by atoms with Gasteiger partial charge in [0, 0.05) is 37.0 Å². The van der Waals surface area contributed by atoms with E-state index in [1.165, 1.54) is 0 Å². The predicted octanol–water partition coefficient (Wildman–Crippen LogP) is 5.69. The van der Waals surface area contributed by atoms with Crippen molar-refractivity contribution in [3.05, 3.63) is 90.5 Å². The van der Waals surface area contributed by atoms with Crippen LogP contribution < -0.4 is 15.6 Å². The summed E-state index contributed by atoms with van der Waals surface area (Å²) in [4.78, 5) is 25.4. The number of unbranched alkanes of at least 4 members (excludes halogenated alkanes) is 3. The first-order chi connectivity index (χ1) is 16.7. The van der Waals surface area contributed by atoms with Crippen LogP contribution in [0.3, 0.4) is 0 Å². The van der Waals surface area contributed by atoms with E-state index < -0.39 is 0 Å². The molecule has 0 aliphatic heterocycles. The number of para-hydroxylation sites is 2. The van der Waals surface area contributed by atoms with Crippen LogP contribution in [-0.4, -0.2) is 25.1 Å². The van der Waals surface area contributed by atoms with Crippen molar-refractivity contribution in [1.29, 1.82) is 0 Å². The summed E-state index contributed by atoms with van der Waals surface area (Å²) in [5.41, 5.74) is 6.69. The van der Waals surface area contributed by atoms with Crippen molar-refractivity contribution in [3.8, 4) is 0 Å². The smallest absolute Gasteiger partial charge is 0.240 e. The quantitative estimate of drug-likeness (QED) is 0.209. The highest BCUT2D eigenvalue weighted by Crippen LogP contribution is 2.33. The fourth-order valence-electron chi connectivity index (χ4n) is 3.60. The van der Waals surface area contributed by atoms with Gasteiger partial charge < -0.3 is 10.2 Å². The normalized spacial score (nSPS) is 10.7. The SMILES string of the molecule is CNC(=O)CCCCCCC(=O)N/N=C\c1ccc(N(c2ccccc2)c2ccccc2)cc1. The molecule has 34 heavy (non-hydrogen) atoms. The number of rotatable bonds is 12. The summed E-state index contributed by atoms with van der Waals surface area (Å²) in [5.74, 6) is -0.0357. The molecule has 0 radical (unpaired) electrons. The van der Waals surface area contributed by atoms with Crippen molar-refractivity contribution in [3.63, 3.8) is 0 Å². The van der Waals surface area contributed by atoms with E-state index in [2.05, 4.69) is 45.0 Å². The van der Waals surface area contributed by atoms with Crippen molar-refractivity contribution in [2.45, 2.75) is 38.5 Å². The number of carbonyl (C=O) groups excluding carboxylic acids is 2. The van der Waals surface area contributed by atoms with Gasteiger partial charge >= 0.3 is 0 Å². The van der Waals surface area contributed by atoms with Crippen LogP contribution in [0.5, 0.6) is 0 Å². The van der Waals surface area contributed by atoms with Crippen LogP contribution in [0.1, 0.15) is 44.1 Å². The molecule has 0 atom stereocenters. The second-order valence-electron chi connectivity index (χ2n) is 7.98. The molecule has 3 aromatic carbocycles. The fraction of sp³-hybridized carbons (Fsp3) is 0.250. The largest absolute Gasteiger partial charge is 0.359 e. The number of benzene rings is 3. The minimum atomic E-state index is -0.0986. The van der Waals surface area contributed by atoms with Gasteiger partial charge in [-0.3, -0.25) is 9.59 Å².